The van der Waals surface area contributed by atoms with Gasteiger partial charge in [0.15, 0.2) is 5.75 Å². The van der Waals surface area contributed by atoms with E-state index in [2.05, 4.69) is 0 Å². The fraction of sp³-hybridized carbons (Fsp3) is 0.417. The van der Waals surface area contributed by atoms with E-state index in [1.54, 1.807) is 0 Å². The number of aliphatic carboxylic acids is 1. The lowest BCUT2D eigenvalue weighted by Crippen LogP contribution is -2.28. The van der Waals surface area contributed by atoms with Crippen LogP contribution in [0.25, 0.3) is 0 Å². The Bertz CT molecular complexity index is 523. The van der Waals surface area contributed by atoms with E-state index in [1.165, 1.54) is 40.2 Å². The molecule has 0 saturated carbocycles. The van der Waals surface area contributed by atoms with E-state index in [1.807, 2.05) is 0 Å². The quantitative estimate of drug-likeness (QED) is 0.648. The van der Waals surface area contributed by atoms with Crippen LogP contribution >= 0.6 is 0 Å². The molecule has 0 aromatic heterocycles. The highest BCUT2D eigenvalue weighted by Gasteiger charge is 2.33. The number of carbonyl (C=O) groups is 1. The first kappa shape index (κ1) is 14.7. The molecule has 7 heteroatoms. The molecule has 1 aromatic carbocycles. The van der Waals surface area contributed by atoms with Gasteiger partial charge in [-0.2, -0.15) is 0 Å². The maximum atomic E-state index is 11.2. The number of methoxy groups -OCH3 is 2. The first-order valence-electron chi connectivity index (χ1n) is 5.40. The van der Waals surface area contributed by atoms with Gasteiger partial charge in [0.1, 0.15) is 0 Å². The van der Waals surface area contributed by atoms with Crippen molar-refractivity contribution in [2.45, 2.75) is 19.3 Å². The van der Waals surface area contributed by atoms with Crippen molar-refractivity contribution in [2.24, 2.45) is 0 Å². The third kappa shape index (κ3) is 2.59. The number of nitro benzene ring substituents is 1. The van der Waals surface area contributed by atoms with E-state index >= 15 is 0 Å². The Kier molecular flexibility index (Phi) is 3.98. The van der Waals surface area contributed by atoms with Crippen molar-refractivity contribution in [1.82, 2.24) is 0 Å². The Balaban J connectivity index is 3.58. The summed E-state index contributed by atoms with van der Waals surface area (Å²) in [4.78, 5) is 21.6. The van der Waals surface area contributed by atoms with Gasteiger partial charge in [0.2, 0.25) is 5.75 Å². The number of carboxylic acids is 1. The highest BCUT2D eigenvalue weighted by molar-refractivity contribution is 5.81. The summed E-state index contributed by atoms with van der Waals surface area (Å²) in [7, 11) is 2.62. The Morgan fingerprint density at radius 2 is 1.89 bits per heavy atom. The highest BCUT2D eigenvalue weighted by Crippen LogP contribution is 2.41. The van der Waals surface area contributed by atoms with Crippen LogP contribution in [0, 0.1) is 10.1 Å². The summed E-state index contributed by atoms with van der Waals surface area (Å²) < 4.78 is 9.96. The van der Waals surface area contributed by atoms with Crippen molar-refractivity contribution in [3.8, 4) is 11.5 Å². The van der Waals surface area contributed by atoms with Gasteiger partial charge in [0.05, 0.1) is 24.6 Å². The molecule has 0 aliphatic rings. The van der Waals surface area contributed by atoms with Crippen molar-refractivity contribution >= 4 is 11.7 Å². The Morgan fingerprint density at radius 1 is 1.32 bits per heavy atom. The molecule has 0 spiro atoms. The summed E-state index contributed by atoms with van der Waals surface area (Å²) in [5, 5.41) is 20.2. The van der Waals surface area contributed by atoms with E-state index in [-0.39, 0.29) is 22.7 Å². The van der Waals surface area contributed by atoms with Crippen molar-refractivity contribution in [1.29, 1.82) is 0 Å². The molecule has 0 saturated heterocycles. The molecule has 104 valence electrons. The second kappa shape index (κ2) is 5.13. The zero-order valence-corrected chi connectivity index (χ0v) is 11.1. The minimum atomic E-state index is -1.27. The minimum Gasteiger partial charge on any atom is -0.493 e. The Labute approximate surface area is 109 Å². The van der Waals surface area contributed by atoms with Gasteiger partial charge in [-0.05, 0) is 25.5 Å². The number of hydrogen-bond acceptors (Lipinski definition) is 5. The lowest BCUT2D eigenvalue weighted by Gasteiger charge is -2.21. The molecule has 0 radical (unpaired) electrons. The fourth-order valence-corrected chi connectivity index (χ4v) is 1.56. The van der Waals surface area contributed by atoms with Gasteiger partial charge in [0.25, 0.3) is 0 Å². The van der Waals surface area contributed by atoms with Crippen molar-refractivity contribution in [2.75, 3.05) is 14.2 Å². The topological polar surface area (TPSA) is 98.9 Å². The van der Waals surface area contributed by atoms with Gasteiger partial charge in [-0.3, -0.25) is 14.9 Å². The zero-order chi connectivity index (χ0) is 14.8. The van der Waals surface area contributed by atoms with E-state index in [4.69, 9.17) is 9.47 Å². The second-order valence-electron chi connectivity index (χ2n) is 4.42. The van der Waals surface area contributed by atoms with Crippen LogP contribution < -0.4 is 9.47 Å². The molecule has 0 heterocycles. The lowest BCUT2D eigenvalue weighted by molar-refractivity contribution is -0.385. The first-order valence-corrected chi connectivity index (χ1v) is 5.40. The number of nitro groups is 1. The van der Waals surface area contributed by atoms with E-state index < -0.39 is 16.3 Å². The Morgan fingerprint density at radius 3 is 2.26 bits per heavy atom. The summed E-state index contributed by atoms with van der Waals surface area (Å²) >= 11 is 0. The third-order valence-electron chi connectivity index (χ3n) is 2.91. The average molecular weight is 269 g/mol. The van der Waals surface area contributed by atoms with E-state index in [0.29, 0.717) is 0 Å². The third-order valence-corrected chi connectivity index (χ3v) is 2.91. The van der Waals surface area contributed by atoms with Crippen LogP contribution in [-0.4, -0.2) is 30.2 Å². The van der Waals surface area contributed by atoms with Crippen molar-refractivity contribution < 1.29 is 24.3 Å². The minimum absolute atomic E-state index is 0.0301. The maximum Gasteiger partial charge on any atom is 0.315 e. The van der Waals surface area contributed by atoms with Crippen LogP contribution in [-0.2, 0) is 10.2 Å². The monoisotopic (exact) mass is 269 g/mol. The van der Waals surface area contributed by atoms with Crippen LogP contribution in [0.15, 0.2) is 12.1 Å². The molecule has 19 heavy (non-hydrogen) atoms. The van der Waals surface area contributed by atoms with Crippen LogP contribution in [0.4, 0.5) is 5.69 Å². The van der Waals surface area contributed by atoms with Gasteiger partial charge in [-0.15, -0.1) is 0 Å². The van der Waals surface area contributed by atoms with Crippen molar-refractivity contribution in [3.05, 3.63) is 27.8 Å². The molecule has 0 bridgehead atoms. The molecular weight excluding hydrogens is 254 g/mol. The van der Waals surface area contributed by atoms with Crippen LogP contribution in [0.1, 0.15) is 19.4 Å². The molecule has 0 aliphatic carbocycles. The van der Waals surface area contributed by atoms with Crippen LogP contribution in [0.2, 0.25) is 0 Å². The van der Waals surface area contributed by atoms with Crippen LogP contribution in [0.5, 0.6) is 11.5 Å². The number of benzene rings is 1. The van der Waals surface area contributed by atoms with Gasteiger partial charge in [0, 0.05) is 6.07 Å². The summed E-state index contributed by atoms with van der Waals surface area (Å²) in [6.45, 7) is 2.92. The normalized spacial score (nSPS) is 10.9. The molecule has 1 aromatic rings. The number of hydrogen-bond donors (Lipinski definition) is 1. The predicted molar refractivity (Wildman–Crippen MR) is 66.9 cm³/mol. The highest BCUT2D eigenvalue weighted by atomic mass is 16.6. The summed E-state index contributed by atoms with van der Waals surface area (Å²) in [6.07, 6.45) is 0. The van der Waals surface area contributed by atoms with Crippen LogP contribution in [0.3, 0.4) is 0 Å². The molecule has 0 aliphatic heterocycles. The maximum absolute atomic E-state index is 11.2. The molecule has 0 fully saturated rings. The Hall–Kier alpha value is -2.31. The fourth-order valence-electron chi connectivity index (χ4n) is 1.56. The summed E-state index contributed by atoms with van der Waals surface area (Å²) in [6, 6.07) is 2.62. The SMILES string of the molecule is COc1cc(C(C)(C)C(=O)O)cc([N+](=O)[O-])c1OC. The molecule has 1 rings (SSSR count). The number of carboxylic acid groups (broad SMARTS) is 1. The van der Waals surface area contributed by atoms with E-state index in [9.17, 15) is 20.0 Å². The second-order valence-corrected chi connectivity index (χ2v) is 4.42. The number of ether oxygens (including phenoxy) is 2. The standard InChI is InChI=1S/C12H15NO6/c1-12(2,11(14)15)7-5-8(13(16)17)10(19-4)9(6-7)18-3/h5-6H,1-4H3,(H,14,15). The number of nitrogens with zero attached hydrogens (tertiary/aromatic N) is 1. The molecule has 7 nitrogen and oxygen atoms in total. The zero-order valence-electron chi connectivity index (χ0n) is 11.1. The van der Waals surface area contributed by atoms with Gasteiger partial charge < -0.3 is 14.6 Å². The predicted octanol–water partition coefficient (Wildman–Crippen LogP) is 1.97. The summed E-state index contributed by atoms with van der Waals surface area (Å²) in [5.41, 5.74) is -1.33. The first-order chi connectivity index (χ1) is 8.75. The number of rotatable bonds is 5. The molecule has 1 N–H and O–H groups in total. The average Bonchev–Trinajstić information content (AvgIpc) is 2.36. The van der Waals surface area contributed by atoms with Gasteiger partial charge in [-0.1, -0.05) is 0 Å². The smallest absolute Gasteiger partial charge is 0.315 e. The largest absolute Gasteiger partial charge is 0.493 e. The molecule has 0 unspecified atom stereocenters. The lowest BCUT2D eigenvalue weighted by atomic mass is 9.84. The molecule has 0 amide bonds. The summed E-state index contributed by atoms with van der Waals surface area (Å²) in [5.74, 6) is -0.993. The van der Waals surface area contributed by atoms with Crippen molar-refractivity contribution in [3.63, 3.8) is 0 Å². The van der Waals surface area contributed by atoms with Gasteiger partial charge in [-0.25, -0.2) is 0 Å². The van der Waals surface area contributed by atoms with Gasteiger partial charge >= 0.3 is 11.7 Å². The molecular formula is C12H15NO6. The van der Waals surface area contributed by atoms with E-state index in [0.717, 1.165) is 0 Å². The molecule has 0 atom stereocenters.